The van der Waals surface area contributed by atoms with Gasteiger partial charge in [-0.05, 0) is 31.7 Å². The fourth-order valence-electron chi connectivity index (χ4n) is 1.90. The molecule has 3 atom stereocenters. The maximum absolute atomic E-state index is 3.53. The van der Waals surface area contributed by atoms with Crippen molar-refractivity contribution in [3.63, 3.8) is 0 Å². The molecule has 3 unspecified atom stereocenters. The molecule has 0 aromatic carbocycles. The van der Waals surface area contributed by atoms with Crippen molar-refractivity contribution >= 4 is 0 Å². The number of hydrogen-bond donors (Lipinski definition) is 1. The van der Waals surface area contributed by atoms with Crippen molar-refractivity contribution in [3.8, 4) is 0 Å². The zero-order chi connectivity index (χ0) is 10.3. The Morgan fingerprint density at radius 2 is 1.62 bits per heavy atom. The summed E-state index contributed by atoms with van der Waals surface area (Å²) in [5, 5.41) is 3.53. The molecule has 0 bridgehead atoms. The van der Waals surface area contributed by atoms with Crippen molar-refractivity contribution in [2.24, 2.45) is 11.8 Å². The maximum Gasteiger partial charge on any atom is 0.00668 e. The molecule has 0 aliphatic heterocycles. The number of hydrogen-bond acceptors (Lipinski definition) is 1. The van der Waals surface area contributed by atoms with Crippen molar-refractivity contribution in [2.45, 2.75) is 59.9 Å². The van der Waals surface area contributed by atoms with Crippen LogP contribution in [0.3, 0.4) is 0 Å². The Morgan fingerprint density at radius 3 is 2.00 bits per heavy atom. The number of nitrogens with one attached hydrogen (secondary N) is 1. The van der Waals surface area contributed by atoms with Crippen LogP contribution in [0.2, 0.25) is 0 Å². The number of rotatable bonds is 7. The van der Waals surface area contributed by atoms with E-state index in [0.717, 1.165) is 18.4 Å². The highest BCUT2D eigenvalue weighted by atomic mass is 14.9. The van der Waals surface area contributed by atoms with Crippen molar-refractivity contribution in [3.05, 3.63) is 0 Å². The Kier molecular flexibility index (Phi) is 7.35. The van der Waals surface area contributed by atoms with E-state index in [-0.39, 0.29) is 0 Å². The van der Waals surface area contributed by atoms with Crippen molar-refractivity contribution < 1.29 is 0 Å². The molecule has 0 rings (SSSR count). The maximum atomic E-state index is 3.53. The van der Waals surface area contributed by atoms with Crippen LogP contribution in [0.25, 0.3) is 0 Å². The van der Waals surface area contributed by atoms with Crippen LogP contribution in [0.1, 0.15) is 53.9 Å². The second-order valence-electron chi connectivity index (χ2n) is 4.26. The quantitative estimate of drug-likeness (QED) is 0.640. The second-order valence-corrected chi connectivity index (χ2v) is 4.26. The predicted octanol–water partition coefficient (Wildman–Crippen LogP) is 3.45. The molecule has 1 nitrogen and oxygen atoms in total. The Bertz CT molecular complexity index is 112. The lowest BCUT2D eigenvalue weighted by Gasteiger charge is -2.25. The van der Waals surface area contributed by atoms with Crippen LogP contribution in [0, 0.1) is 11.8 Å². The van der Waals surface area contributed by atoms with E-state index < -0.39 is 0 Å². The molecule has 0 spiro atoms. The van der Waals surface area contributed by atoms with Gasteiger partial charge in [-0.3, -0.25) is 0 Å². The van der Waals surface area contributed by atoms with Gasteiger partial charge in [0.1, 0.15) is 0 Å². The van der Waals surface area contributed by atoms with Gasteiger partial charge in [0.15, 0.2) is 0 Å². The minimum Gasteiger partial charge on any atom is -0.314 e. The third-order valence-corrected chi connectivity index (χ3v) is 3.16. The van der Waals surface area contributed by atoms with Crippen molar-refractivity contribution in [1.29, 1.82) is 0 Å². The Morgan fingerprint density at radius 1 is 1.00 bits per heavy atom. The molecule has 0 fully saturated rings. The molecule has 0 aliphatic carbocycles. The first-order valence-electron chi connectivity index (χ1n) is 5.88. The van der Waals surface area contributed by atoms with Crippen molar-refractivity contribution in [2.75, 3.05) is 6.54 Å². The minimum atomic E-state index is 0.684. The van der Waals surface area contributed by atoms with Gasteiger partial charge in [0, 0.05) is 6.04 Å². The molecule has 1 N–H and O–H groups in total. The van der Waals surface area contributed by atoms with Crippen LogP contribution in [-0.2, 0) is 0 Å². The van der Waals surface area contributed by atoms with Crippen LogP contribution >= 0.6 is 0 Å². The van der Waals surface area contributed by atoms with E-state index in [1.165, 1.54) is 19.3 Å². The van der Waals surface area contributed by atoms with Gasteiger partial charge in [0.2, 0.25) is 0 Å². The third-order valence-electron chi connectivity index (χ3n) is 3.16. The lowest BCUT2D eigenvalue weighted by Crippen LogP contribution is -2.33. The van der Waals surface area contributed by atoms with Gasteiger partial charge < -0.3 is 5.32 Å². The molecular formula is C12H27N. The van der Waals surface area contributed by atoms with E-state index in [0.29, 0.717) is 6.04 Å². The Hall–Kier alpha value is -0.0400. The molecule has 0 aromatic heterocycles. The molecule has 0 saturated heterocycles. The van der Waals surface area contributed by atoms with E-state index >= 15 is 0 Å². The van der Waals surface area contributed by atoms with E-state index in [1.807, 2.05) is 0 Å². The summed E-state index contributed by atoms with van der Waals surface area (Å²) in [4.78, 5) is 0. The lowest BCUT2D eigenvalue weighted by molar-refractivity contribution is 0.299. The monoisotopic (exact) mass is 185 g/mol. The molecule has 0 amide bonds. The Balaban J connectivity index is 3.86. The molecule has 0 saturated carbocycles. The summed E-state index contributed by atoms with van der Waals surface area (Å²) in [5.41, 5.74) is 0. The van der Waals surface area contributed by atoms with Gasteiger partial charge in [-0.2, -0.15) is 0 Å². The average Bonchev–Trinajstić information content (AvgIpc) is 2.14. The minimum absolute atomic E-state index is 0.684. The highest BCUT2D eigenvalue weighted by Crippen LogP contribution is 2.20. The highest BCUT2D eigenvalue weighted by Gasteiger charge is 2.16. The molecule has 13 heavy (non-hydrogen) atoms. The smallest absolute Gasteiger partial charge is 0.00668 e. The van der Waals surface area contributed by atoms with Crippen LogP contribution < -0.4 is 5.32 Å². The van der Waals surface area contributed by atoms with E-state index in [1.54, 1.807) is 0 Å². The summed E-state index contributed by atoms with van der Waals surface area (Å²) in [6.45, 7) is 12.6. The van der Waals surface area contributed by atoms with Crippen LogP contribution in [-0.4, -0.2) is 12.6 Å². The molecule has 0 aliphatic rings. The average molecular weight is 185 g/mol. The summed E-state index contributed by atoms with van der Waals surface area (Å²) in [6, 6.07) is 0.684. The van der Waals surface area contributed by atoms with Gasteiger partial charge in [0.25, 0.3) is 0 Å². The second kappa shape index (κ2) is 7.37. The van der Waals surface area contributed by atoms with Gasteiger partial charge in [-0.1, -0.05) is 40.5 Å². The fraction of sp³-hybridized carbons (Fsp3) is 1.00. The molecule has 0 radical (unpaired) electrons. The van der Waals surface area contributed by atoms with Crippen LogP contribution in [0.15, 0.2) is 0 Å². The lowest BCUT2D eigenvalue weighted by atomic mass is 9.87. The summed E-state index contributed by atoms with van der Waals surface area (Å²) in [5.74, 6) is 1.74. The molecule has 0 heterocycles. The first-order valence-corrected chi connectivity index (χ1v) is 5.88. The standard InChI is InChI=1S/C12H27N/c1-6-10(4)9-12(7-2)11(5)13-8-3/h10-13H,6-9H2,1-5H3. The van der Waals surface area contributed by atoms with Gasteiger partial charge in [-0.15, -0.1) is 0 Å². The van der Waals surface area contributed by atoms with Gasteiger partial charge >= 0.3 is 0 Å². The molecular weight excluding hydrogens is 158 g/mol. The molecule has 1 heteroatoms. The topological polar surface area (TPSA) is 12.0 Å². The molecule has 0 aromatic rings. The molecule has 80 valence electrons. The third kappa shape index (κ3) is 5.30. The summed E-state index contributed by atoms with van der Waals surface area (Å²) < 4.78 is 0. The zero-order valence-electron chi connectivity index (χ0n) is 10.1. The Labute approximate surface area is 84.3 Å². The summed E-state index contributed by atoms with van der Waals surface area (Å²) in [7, 11) is 0. The van der Waals surface area contributed by atoms with Gasteiger partial charge in [0.05, 0.1) is 0 Å². The first kappa shape index (κ1) is 13.0. The normalized spacial score (nSPS) is 18.2. The largest absolute Gasteiger partial charge is 0.314 e. The fourth-order valence-corrected chi connectivity index (χ4v) is 1.90. The van der Waals surface area contributed by atoms with Crippen LogP contribution in [0.4, 0.5) is 0 Å². The van der Waals surface area contributed by atoms with Gasteiger partial charge in [-0.25, -0.2) is 0 Å². The summed E-state index contributed by atoms with van der Waals surface area (Å²) >= 11 is 0. The van der Waals surface area contributed by atoms with Crippen LogP contribution in [0.5, 0.6) is 0 Å². The zero-order valence-corrected chi connectivity index (χ0v) is 10.1. The van der Waals surface area contributed by atoms with Crippen molar-refractivity contribution in [1.82, 2.24) is 5.32 Å². The summed E-state index contributed by atoms with van der Waals surface area (Å²) in [6.07, 6.45) is 4.00. The highest BCUT2D eigenvalue weighted by molar-refractivity contribution is 4.72. The van der Waals surface area contributed by atoms with E-state index in [2.05, 4.69) is 39.9 Å². The first-order chi connectivity index (χ1) is 6.15. The van der Waals surface area contributed by atoms with E-state index in [9.17, 15) is 0 Å². The predicted molar refractivity (Wildman–Crippen MR) is 61.0 cm³/mol. The SMILES string of the molecule is CCNC(C)C(CC)CC(C)CC. The van der Waals surface area contributed by atoms with E-state index in [4.69, 9.17) is 0 Å².